The molecule has 2 nitrogen and oxygen atoms in total. The van der Waals surface area contributed by atoms with Gasteiger partial charge in [0.1, 0.15) is 17.0 Å². The first-order valence-electron chi connectivity index (χ1n) is 12.1. The molecule has 0 N–H and O–H groups in total. The van der Waals surface area contributed by atoms with Crippen molar-refractivity contribution in [2.45, 2.75) is 27.7 Å². The molecule has 0 saturated carbocycles. The second kappa shape index (κ2) is 9.27. The van der Waals surface area contributed by atoms with Gasteiger partial charge in [-0.3, -0.25) is 0 Å². The predicted molar refractivity (Wildman–Crippen MR) is 147 cm³/mol. The van der Waals surface area contributed by atoms with Gasteiger partial charge in [-0.25, -0.2) is 4.39 Å². The van der Waals surface area contributed by atoms with Gasteiger partial charge in [-0.2, -0.15) is 0 Å². The average Bonchev–Trinajstić information content (AvgIpc) is 3.41. The van der Waals surface area contributed by atoms with Gasteiger partial charge in [0.05, 0.1) is 10.9 Å². The Kier molecular flexibility index (Phi) is 6.00. The van der Waals surface area contributed by atoms with Gasteiger partial charge in [-0.15, -0.1) is 0 Å². The number of allylic oxidation sites excluding steroid dienone is 1. The van der Waals surface area contributed by atoms with Crippen molar-refractivity contribution in [1.29, 1.82) is 0 Å². The molecular weight excluding hydrogens is 433 g/mol. The molecule has 35 heavy (non-hydrogen) atoms. The smallest absolute Gasteiger partial charge is 0.138 e. The normalized spacial score (nSPS) is 11.5. The molecule has 4 aromatic carbocycles. The number of fused-ring (bicyclic) bond motifs is 4. The molecule has 0 fully saturated rings. The fourth-order valence-corrected chi connectivity index (χ4v) is 4.84. The second-order valence-corrected chi connectivity index (χ2v) is 8.34. The summed E-state index contributed by atoms with van der Waals surface area (Å²) in [5.41, 5.74) is 8.06. The van der Waals surface area contributed by atoms with E-state index in [1.807, 2.05) is 39.0 Å². The SMILES string of the molecule is C/C=C\c1c(C)c2ccccc2n1-c1cccc(-c2ccc3oc4cccc(F)c4c3c2)c1.CC. The molecule has 174 valence electrons. The van der Waals surface area contributed by atoms with Crippen LogP contribution < -0.4 is 0 Å². The van der Waals surface area contributed by atoms with E-state index in [1.165, 1.54) is 28.2 Å². The van der Waals surface area contributed by atoms with Crippen LogP contribution in [0.15, 0.2) is 95.4 Å². The van der Waals surface area contributed by atoms with Gasteiger partial charge < -0.3 is 8.98 Å². The van der Waals surface area contributed by atoms with E-state index < -0.39 is 0 Å². The highest BCUT2D eigenvalue weighted by Gasteiger charge is 2.15. The van der Waals surface area contributed by atoms with E-state index in [4.69, 9.17) is 4.42 Å². The summed E-state index contributed by atoms with van der Waals surface area (Å²) in [6.07, 6.45) is 4.24. The highest BCUT2D eigenvalue weighted by Crippen LogP contribution is 2.35. The molecule has 0 unspecified atom stereocenters. The number of hydrogen-bond donors (Lipinski definition) is 0. The highest BCUT2D eigenvalue weighted by atomic mass is 19.1. The van der Waals surface area contributed by atoms with E-state index in [-0.39, 0.29) is 5.82 Å². The molecule has 0 aliphatic carbocycles. The Morgan fingerprint density at radius 3 is 2.37 bits per heavy atom. The van der Waals surface area contributed by atoms with Crippen LogP contribution in [0.25, 0.3) is 55.7 Å². The zero-order chi connectivity index (χ0) is 24.5. The summed E-state index contributed by atoms with van der Waals surface area (Å²) in [6, 6.07) is 27.9. The lowest BCUT2D eigenvalue weighted by molar-refractivity contribution is 0.634. The lowest BCUT2D eigenvalue weighted by atomic mass is 10.0. The average molecular weight is 462 g/mol. The van der Waals surface area contributed by atoms with Crippen LogP contribution >= 0.6 is 0 Å². The van der Waals surface area contributed by atoms with Crippen molar-refractivity contribution in [3.8, 4) is 16.8 Å². The Morgan fingerprint density at radius 1 is 0.771 bits per heavy atom. The van der Waals surface area contributed by atoms with Gasteiger partial charge in [0.25, 0.3) is 0 Å². The number of hydrogen-bond acceptors (Lipinski definition) is 1. The Bertz CT molecular complexity index is 1700. The molecule has 6 rings (SSSR count). The van der Waals surface area contributed by atoms with E-state index in [0.717, 1.165) is 22.2 Å². The van der Waals surface area contributed by atoms with Crippen LogP contribution in [-0.4, -0.2) is 4.57 Å². The zero-order valence-electron chi connectivity index (χ0n) is 20.5. The number of rotatable bonds is 3. The Labute approximate surface area is 204 Å². The van der Waals surface area contributed by atoms with Gasteiger partial charge in [0.2, 0.25) is 0 Å². The van der Waals surface area contributed by atoms with Gasteiger partial charge in [0.15, 0.2) is 0 Å². The first-order chi connectivity index (χ1) is 17.2. The lowest BCUT2D eigenvalue weighted by Crippen LogP contribution is -1.97. The Hall–Kier alpha value is -4.11. The van der Waals surface area contributed by atoms with Crippen molar-refractivity contribution in [1.82, 2.24) is 4.57 Å². The summed E-state index contributed by atoms with van der Waals surface area (Å²) in [4.78, 5) is 0. The molecule has 0 radical (unpaired) electrons. The fraction of sp³-hybridized carbons (Fsp3) is 0.125. The summed E-state index contributed by atoms with van der Waals surface area (Å²) in [7, 11) is 0. The molecule has 2 heterocycles. The minimum Gasteiger partial charge on any atom is -0.456 e. The zero-order valence-corrected chi connectivity index (χ0v) is 20.5. The Morgan fingerprint density at radius 2 is 1.54 bits per heavy atom. The van der Waals surface area contributed by atoms with Crippen LogP contribution in [0.4, 0.5) is 4.39 Å². The van der Waals surface area contributed by atoms with E-state index in [1.54, 1.807) is 12.1 Å². The van der Waals surface area contributed by atoms with Crippen molar-refractivity contribution < 1.29 is 8.81 Å². The third-order valence-electron chi connectivity index (χ3n) is 6.38. The van der Waals surface area contributed by atoms with E-state index in [0.29, 0.717) is 16.6 Å². The number of aryl methyl sites for hydroxylation is 1. The maximum atomic E-state index is 14.6. The van der Waals surface area contributed by atoms with Crippen molar-refractivity contribution in [3.63, 3.8) is 0 Å². The molecule has 0 amide bonds. The minimum atomic E-state index is -0.262. The van der Waals surface area contributed by atoms with Gasteiger partial charge in [0, 0.05) is 22.2 Å². The summed E-state index contributed by atoms with van der Waals surface area (Å²) in [5, 5.41) is 2.58. The fourth-order valence-electron chi connectivity index (χ4n) is 4.84. The highest BCUT2D eigenvalue weighted by molar-refractivity contribution is 6.06. The van der Waals surface area contributed by atoms with Crippen molar-refractivity contribution in [2.75, 3.05) is 0 Å². The molecular formula is C32H28FNO. The largest absolute Gasteiger partial charge is 0.456 e. The first-order valence-corrected chi connectivity index (χ1v) is 12.1. The summed E-state index contributed by atoms with van der Waals surface area (Å²) in [6.45, 7) is 8.21. The second-order valence-electron chi connectivity index (χ2n) is 8.34. The first kappa shape index (κ1) is 22.7. The number of nitrogens with zero attached hydrogens (tertiary/aromatic N) is 1. The van der Waals surface area contributed by atoms with Crippen molar-refractivity contribution in [2.24, 2.45) is 0 Å². The molecule has 3 heteroatoms. The minimum absolute atomic E-state index is 0.262. The quantitative estimate of drug-likeness (QED) is 0.256. The van der Waals surface area contributed by atoms with E-state index in [9.17, 15) is 4.39 Å². The van der Waals surface area contributed by atoms with E-state index in [2.05, 4.69) is 72.2 Å². The maximum Gasteiger partial charge on any atom is 0.138 e. The maximum absolute atomic E-state index is 14.6. The number of furan rings is 1. The van der Waals surface area contributed by atoms with Crippen molar-refractivity contribution >= 4 is 38.9 Å². The summed E-state index contributed by atoms with van der Waals surface area (Å²) < 4.78 is 22.7. The van der Waals surface area contributed by atoms with Gasteiger partial charge >= 0.3 is 0 Å². The molecule has 6 aromatic rings. The van der Waals surface area contributed by atoms with E-state index >= 15 is 0 Å². The van der Waals surface area contributed by atoms with Gasteiger partial charge in [-0.05, 0) is 79.1 Å². The number of aromatic nitrogens is 1. The van der Waals surface area contributed by atoms with Crippen LogP contribution in [0.3, 0.4) is 0 Å². The monoisotopic (exact) mass is 461 g/mol. The molecule has 0 bridgehead atoms. The van der Waals surface area contributed by atoms with Crippen LogP contribution in [0, 0.1) is 12.7 Å². The standard InChI is InChI=1S/C30H22FNO.C2H6/c1-3-8-26-19(2)23-11-4-5-13-27(23)32(26)22-10-6-9-20(17-22)21-15-16-28-24(18-21)30-25(31)12-7-14-29(30)33-28;1-2/h3-18H,1-2H3;1-2H3/b8-3-;. The van der Waals surface area contributed by atoms with Crippen LogP contribution in [-0.2, 0) is 0 Å². The molecule has 2 aromatic heterocycles. The summed E-state index contributed by atoms with van der Waals surface area (Å²) in [5.74, 6) is -0.262. The predicted octanol–water partition coefficient (Wildman–Crippen LogP) is 9.70. The Balaban J connectivity index is 0.00000124. The number of halogens is 1. The molecule has 0 aliphatic heterocycles. The van der Waals surface area contributed by atoms with Crippen LogP contribution in [0.1, 0.15) is 32.0 Å². The summed E-state index contributed by atoms with van der Waals surface area (Å²) >= 11 is 0. The molecule has 0 atom stereocenters. The number of para-hydroxylation sites is 1. The topological polar surface area (TPSA) is 18.1 Å². The third-order valence-corrected chi connectivity index (χ3v) is 6.38. The lowest BCUT2D eigenvalue weighted by Gasteiger charge is -2.12. The van der Waals surface area contributed by atoms with Crippen molar-refractivity contribution in [3.05, 3.63) is 108 Å². The van der Waals surface area contributed by atoms with Crippen LogP contribution in [0.2, 0.25) is 0 Å². The number of benzene rings is 4. The molecule has 0 saturated heterocycles. The third kappa shape index (κ3) is 3.74. The molecule has 0 aliphatic rings. The molecule has 0 spiro atoms. The van der Waals surface area contributed by atoms with Crippen LogP contribution in [0.5, 0.6) is 0 Å². The van der Waals surface area contributed by atoms with Gasteiger partial charge in [-0.1, -0.05) is 62.4 Å².